The van der Waals surface area contributed by atoms with Crippen LogP contribution in [0.3, 0.4) is 0 Å². The highest BCUT2D eigenvalue weighted by Crippen LogP contribution is 2.30. The molecule has 1 saturated heterocycles. The van der Waals surface area contributed by atoms with Gasteiger partial charge in [0.1, 0.15) is 0 Å². The fourth-order valence-electron chi connectivity index (χ4n) is 2.77. The highest BCUT2D eigenvalue weighted by Gasteiger charge is 2.32. The fourth-order valence-corrected chi connectivity index (χ4v) is 2.77. The summed E-state index contributed by atoms with van der Waals surface area (Å²) in [6.07, 6.45) is 2.33. The van der Waals surface area contributed by atoms with E-state index in [1.54, 1.807) is 0 Å². The van der Waals surface area contributed by atoms with Gasteiger partial charge in [-0.15, -0.1) is 0 Å². The molecule has 0 saturated carbocycles. The summed E-state index contributed by atoms with van der Waals surface area (Å²) >= 11 is 0. The number of piperidine rings is 1. The van der Waals surface area contributed by atoms with Crippen molar-refractivity contribution in [3.05, 3.63) is 29.8 Å². The number of nitrogens with two attached hydrogens (primary N) is 1. The van der Waals surface area contributed by atoms with Crippen LogP contribution in [0.25, 0.3) is 0 Å². The molecule has 18 heavy (non-hydrogen) atoms. The van der Waals surface area contributed by atoms with E-state index in [-0.39, 0.29) is 5.60 Å². The minimum absolute atomic E-state index is 0.00711. The van der Waals surface area contributed by atoms with Gasteiger partial charge in [-0.3, -0.25) is 4.90 Å². The van der Waals surface area contributed by atoms with Crippen LogP contribution in [0.2, 0.25) is 0 Å². The van der Waals surface area contributed by atoms with Crippen LogP contribution in [-0.2, 0) is 4.74 Å². The number of anilines is 1. The molecule has 1 aromatic rings. The molecule has 3 heteroatoms. The van der Waals surface area contributed by atoms with Crippen molar-refractivity contribution in [1.29, 1.82) is 0 Å². The van der Waals surface area contributed by atoms with E-state index in [4.69, 9.17) is 10.5 Å². The summed E-state index contributed by atoms with van der Waals surface area (Å²) < 4.78 is 5.65. The summed E-state index contributed by atoms with van der Waals surface area (Å²) in [6, 6.07) is 8.58. The van der Waals surface area contributed by atoms with E-state index in [1.165, 1.54) is 12.0 Å². The van der Waals surface area contributed by atoms with Crippen LogP contribution >= 0.6 is 0 Å². The quantitative estimate of drug-likeness (QED) is 0.836. The molecule has 0 radical (unpaired) electrons. The second-order valence-electron chi connectivity index (χ2n) is 5.57. The smallest absolute Gasteiger partial charge is 0.0777 e. The Morgan fingerprint density at radius 3 is 2.89 bits per heavy atom. The first-order valence-electron chi connectivity index (χ1n) is 6.69. The Kier molecular flexibility index (Phi) is 3.93. The predicted molar refractivity (Wildman–Crippen MR) is 75.5 cm³/mol. The standard InChI is InChI=1S/C15H24N2O/c1-12(13-6-4-7-14(16)10-13)17-9-5-8-15(2,11-17)18-3/h4,6-7,10,12H,5,8-9,11,16H2,1-3H3. The summed E-state index contributed by atoms with van der Waals surface area (Å²) in [4.78, 5) is 2.49. The normalized spacial score (nSPS) is 27.1. The van der Waals surface area contributed by atoms with Crippen LogP contribution < -0.4 is 5.73 Å². The van der Waals surface area contributed by atoms with Gasteiger partial charge in [-0.2, -0.15) is 0 Å². The van der Waals surface area contributed by atoms with Crippen LogP contribution in [0.4, 0.5) is 5.69 Å². The van der Waals surface area contributed by atoms with Crippen LogP contribution in [0.1, 0.15) is 38.3 Å². The number of hydrogen-bond acceptors (Lipinski definition) is 3. The maximum atomic E-state index is 5.86. The van der Waals surface area contributed by atoms with Crippen molar-refractivity contribution in [2.45, 2.75) is 38.3 Å². The third-order valence-corrected chi connectivity index (χ3v) is 4.12. The molecule has 1 fully saturated rings. The van der Waals surface area contributed by atoms with Crippen molar-refractivity contribution in [2.75, 3.05) is 25.9 Å². The number of nitrogen functional groups attached to an aromatic ring is 1. The van der Waals surface area contributed by atoms with E-state index in [0.29, 0.717) is 6.04 Å². The Labute approximate surface area is 110 Å². The van der Waals surface area contributed by atoms with E-state index < -0.39 is 0 Å². The molecule has 2 N–H and O–H groups in total. The molecule has 0 aliphatic carbocycles. The molecule has 3 nitrogen and oxygen atoms in total. The topological polar surface area (TPSA) is 38.5 Å². The number of benzene rings is 1. The second kappa shape index (κ2) is 5.29. The lowest BCUT2D eigenvalue weighted by Gasteiger charge is -2.42. The zero-order chi connectivity index (χ0) is 13.2. The van der Waals surface area contributed by atoms with Crippen molar-refractivity contribution in [2.24, 2.45) is 0 Å². The van der Waals surface area contributed by atoms with Crippen molar-refractivity contribution in [1.82, 2.24) is 4.90 Å². The molecule has 0 amide bonds. The van der Waals surface area contributed by atoms with Crippen LogP contribution in [0.15, 0.2) is 24.3 Å². The molecule has 2 unspecified atom stereocenters. The maximum absolute atomic E-state index is 5.86. The molecule has 0 bridgehead atoms. The van der Waals surface area contributed by atoms with Gasteiger partial charge in [0, 0.05) is 25.4 Å². The zero-order valence-corrected chi connectivity index (χ0v) is 11.6. The van der Waals surface area contributed by atoms with Gasteiger partial charge in [0.25, 0.3) is 0 Å². The van der Waals surface area contributed by atoms with Gasteiger partial charge in [0.15, 0.2) is 0 Å². The first-order valence-corrected chi connectivity index (χ1v) is 6.69. The Morgan fingerprint density at radius 2 is 2.22 bits per heavy atom. The summed E-state index contributed by atoms with van der Waals surface area (Å²) in [5.74, 6) is 0. The van der Waals surface area contributed by atoms with Gasteiger partial charge >= 0.3 is 0 Å². The summed E-state index contributed by atoms with van der Waals surface area (Å²) in [6.45, 7) is 6.57. The number of nitrogens with zero attached hydrogens (tertiary/aromatic N) is 1. The second-order valence-corrected chi connectivity index (χ2v) is 5.57. The molecule has 100 valence electrons. The van der Waals surface area contributed by atoms with Crippen LogP contribution in [0, 0.1) is 0 Å². The van der Waals surface area contributed by atoms with Crippen LogP contribution in [-0.4, -0.2) is 30.7 Å². The summed E-state index contributed by atoms with van der Waals surface area (Å²) in [5.41, 5.74) is 7.98. The van der Waals surface area contributed by atoms with Crippen molar-refractivity contribution in [3.8, 4) is 0 Å². The van der Waals surface area contributed by atoms with Gasteiger partial charge in [-0.1, -0.05) is 12.1 Å². The lowest BCUT2D eigenvalue weighted by Crippen LogP contribution is -2.48. The molecule has 2 atom stereocenters. The van der Waals surface area contributed by atoms with Crippen LogP contribution in [0.5, 0.6) is 0 Å². The van der Waals surface area contributed by atoms with E-state index in [0.717, 1.165) is 25.2 Å². The van der Waals surface area contributed by atoms with E-state index in [1.807, 2.05) is 19.2 Å². The highest BCUT2D eigenvalue weighted by atomic mass is 16.5. The van der Waals surface area contributed by atoms with Crippen molar-refractivity contribution in [3.63, 3.8) is 0 Å². The molecular weight excluding hydrogens is 224 g/mol. The SMILES string of the molecule is COC1(C)CCCN(C(C)c2cccc(N)c2)C1. The number of rotatable bonds is 3. The Balaban J connectivity index is 2.11. The van der Waals surface area contributed by atoms with Crippen molar-refractivity contribution >= 4 is 5.69 Å². The lowest BCUT2D eigenvalue weighted by molar-refractivity contribution is -0.0599. The number of methoxy groups -OCH3 is 1. The lowest BCUT2D eigenvalue weighted by atomic mass is 9.92. The third kappa shape index (κ3) is 2.85. The highest BCUT2D eigenvalue weighted by molar-refractivity contribution is 5.41. The Morgan fingerprint density at radius 1 is 1.44 bits per heavy atom. The number of likely N-dealkylation sites (tertiary alicyclic amines) is 1. The molecule has 2 rings (SSSR count). The number of ether oxygens (including phenoxy) is 1. The van der Waals surface area contributed by atoms with Gasteiger partial charge in [-0.25, -0.2) is 0 Å². The molecule has 0 spiro atoms. The molecule has 1 aromatic carbocycles. The number of hydrogen-bond donors (Lipinski definition) is 1. The van der Waals surface area contributed by atoms with Gasteiger partial charge in [0.05, 0.1) is 5.60 Å². The predicted octanol–water partition coefficient (Wildman–Crippen LogP) is 2.83. The van der Waals surface area contributed by atoms with Gasteiger partial charge in [-0.05, 0) is 50.9 Å². The molecule has 1 heterocycles. The average Bonchev–Trinajstić information content (AvgIpc) is 2.38. The zero-order valence-electron chi connectivity index (χ0n) is 11.6. The summed E-state index contributed by atoms with van der Waals surface area (Å²) in [5, 5.41) is 0. The minimum Gasteiger partial charge on any atom is -0.399 e. The Bertz CT molecular complexity index is 407. The first kappa shape index (κ1) is 13.4. The molecular formula is C15H24N2O. The largest absolute Gasteiger partial charge is 0.399 e. The van der Waals surface area contributed by atoms with Gasteiger partial charge < -0.3 is 10.5 Å². The molecule has 0 aromatic heterocycles. The fraction of sp³-hybridized carbons (Fsp3) is 0.600. The Hall–Kier alpha value is -1.06. The average molecular weight is 248 g/mol. The maximum Gasteiger partial charge on any atom is 0.0777 e. The van der Waals surface area contributed by atoms with Crippen molar-refractivity contribution < 1.29 is 4.74 Å². The third-order valence-electron chi connectivity index (χ3n) is 4.12. The van der Waals surface area contributed by atoms with E-state index >= 15 is 0 Å². The molecule has 1 aliphatic heterocycles. The monoisotopic (exact) mass is 248 g/mol. The summed E-state index contributed by atoms with van der Waals surface area (Å²) in [7, 11) is 1.81. The minimum atomic E-state index is -0.00711. The van der Waals surface area contributed by atoms with Gasteiger partial charge in [0.2, 0.25) is 0 Å². The van der Waals surface area contributed by atoms with E-state index in [9.17, 15) is 0 Å². The first-order chi connectivity index (χ1) is 8.54. The van der Waals surface area contributed by atoms with E-state index in [2.05, 4.69) is 30.9 Å². The molecule has 1 aliphatic rings.